The zero-order valence-corrected chi connectivity index (χ0v) is 12.9. The minimum atomic E-state index is -0.306. The lowest BCUT2D eigenvalue weighted by atomic mass is 10.1. The normalized spacial score (nSPS) is 17.7. The molecule has 0 aliphatic carbocycles. The first kappa shape index (κ1) is 15.9. The number of hydrogen-bond acceptors (Lipinski definition) is 6. The van der Waals surface area contributed by atoms with Crippen molar-refractivity contribution in [1.82, 2.24) is 4.98 Å². The Morgan fingerprint density at radius 1 is 1.57 bits per heavy atom. The summed E-state index contributed by atoms with van der Waals surface area (Å²) in [4.78, 5) is 27.4. The number of ether oxygens (including phenoxy) is 2. The van der Waals surface area contributed by atoms with Crippen LogP contribution in [-0.2, 0) is 25.5 Å². The van der Waals surface area contributed by atoms with E-state index in [4.69, 9.17) is 9.47 Å². The average molecular weight is 312 g/mol. The van der Waals surface area contributed by atoms with Crippen LogP contribution in [0.2, 0.25) is 0 Å². The van der Waals surface area contributed by atoms with Crippen molar-refractivity contribution in [3.63, 3.8) is 0 Å². The Bertz CT molecular complexity index is 483. The Kier molecular flexibility index (Phi) is 6.13. The van der Waals surface area contributed by atoms with E-state index in [1.807, 2.05) is 0 Å². The highest BCUT2D eigenvalue weighted by Gasteiger charge is 2.17. The second kappa shape index (κ2) is 8.09. The molecule has 116 valence electrons. The van der Waals surface area contributed by atoms with Crippen LogP contribution < -0.4 is 5.32 Å². The summed E-state index contributed by atoms with van der Waals surface area (Å²) in [5, 5.41) is 5.03. The van der Waals surface area contributed by atoms with E-state index in [9.17, 15) is 9.59 Å². The number of hydrogen-bond donors (Lipinski definition) is 1. The second-order valence-electron chi connectivity index (χ2n) is 4.85. The van der Waals surface area contributed by atoms with Crippen LogP contribution in [0, 0.1) is 0 Å². The number of thiazole rings is 1. The van der Waals surface area contributed by atoms with Crippen LogP contribution in [-0.4, -0.2) is 36.2 Å². The van der Waals surface area contributed by atoms with Crippen LogP contribution in [0.4, 0.5) is 5.13 Å². The third kappa shape index (κ3) is 5.43. The quantitative estimate of drug-likeness (QED) is 0.781. The van der Waals surface area contributed by atoms with Crippen LogP contribution in [0.5, 0.6) is 0 Å². The number of rotatable bonds is 7. The maximum atomic E-state index is 11.8. The standard InChI is InChI=1S/C14H20N2O4S/c1-2-19-13(18)8-10-9-21-14(15-10)16-12(17)6-5-11-4-3-7-20-11/h9,11H,2-8H2,1H3,(H,15,16,17). The molecule has 1 saturated heterocycles. The van der Waals surface area contributed by atoms with E-state index >= 15 is 0 Å². The van der Waals surface area contributed by atoms with Gasteiger partial charge in [0.05, 0.1) is 24.8 Å². The fourth-order valence-electron chi connectivity index (χ4n) is 2.15. The number of carbonyl (C=O) groups is 2. The summed E-state index contributed by atoms with van der Waals surface area (Å²) in [6.45, 7) is 2.92. The topological polar surface area (TPSA) is 77.5 Å². The molecule has 1 fully saturated rings. The van der Waals surface area contributed by atoms with Gasteiger partial charge in [0.25, 0.3) is 0 Å². The largest absolute Gasteiger partial charge is 0.466 e. The summed E-state index contributed by atoms with van der Waals surface area (Å²) in [5.41, 5.74) is 0.618. The van der Waals surface area contributed by atoms with E-state index < -0.39 is 0 Å². The van der Waals surface area contributed by atoms with Crippen molar-refractivity contribution in [3.8, 4) is 0 Å². The Hall–Kier alpha value is -1.47. The molecular formula is C14H20N2O4S. The van der Waals surface area contributed by atoms with Gasteiger partial charge in [0, 0.05) is 18.4 Å². The maximum absolute atomic E-state index is 11.8. The van der Waals surface area contributed by atoms with Gasteiger partial charge in [0.1, 0.15) is 0 Å². The van der Waals surface area contributed by atoms with E-state index in [2.05, 4.69) is 10.3 Å². The molecule has 1 aliphatic rings. The SMILES string of the molecule is CCOC(=O)Cc1csc(NC(=O)CCC2CCCO2)n1. The molecule has 0 saturated carbocycles. The van der Waals surface area contributed by atoms with Gasteiger partial charge in [0.2, 0.25) is 5.91 Å². The molecule has 1 aromatic rings. The second-order valence-corrected chi connectivity index (χ2v) is 5.71. The van der Waals surface area contributed by atoms with E-state index in [-0.39, 0.29) is 24.4 Å². The van der Waals surface area contributed by atoms with Crippen LogP contribution in [0.3, 0.4) is 0 Å². The molecule has 21 heavy (non-hydrogen) atoms. The Labute approximate surface area is 127 Å². The van der Waals surface area contributed by atoms with Gasteiger partial charge in [-0.15, -0.1) is 11.3 Å². The Morgan fingerprint density at radius 2 is 2.43 bits per heavy atom. The van der Waals surface area contributed by atoms with Crippen molar-refractivity contribution in [2.45, 2.75) is 45.1 Å². The third-order valence-corrected chi connectivity index (χ3v) is 3.95. The molecule has 0 spiro atoms. The minimum Gasteiger partial charge on any atom is -0.466 e. The monoisotopic (exact) mass is 312 g/mol. The van der Waals surface area contributed by atoms with Gasteiger partial charge >= 0.3 is 5.97 Å². The molecule has 1 aliphatic heterocycles. The van der Waals surface area contributed by atoms with Crippen molar-refractivity contribution in [3.05, 3.63) is 11.1 Å². The number of nitrogens with one attached hydrogen (secondary N) is 1. The first-order valence-electron chi connectivity index (χ1n) is 7.19. The first-order valence-corrected chi connectivity index (χ1v) is 8.07. The van der Waals surface area contributed by atoms with Gasteiger partial charge in [0.15, 0.2) is 5.13 Å². The minimum absolute atomic E-state index is 0.0671. The highest BCUT2D eigenvalue weighted by Crippen LogP contribution is 2.19. The van der Waals surface area contributed by atoms with Gasteiger partial charge in [-0.3, -0.25) is 9.59 Å². The molecule has 7 heteroatoms. The lowest BCUT2D eigenvalue weighted by Gasteiger charge is -2.07. The number of esters is 1. The van der Waals surface area contributed by atoms with Gasteiger partial charge < -0.3 is 14.8 Å². The summed E-state index contributed by atoms with van der Waals surface area (Å²) >= 11 is 1.31. The van der Waals surface area contributed by atoms with E-state index in [1.54, 1.807) is 12.3 Å². The van der Waals surface area contributed by atoms with Crippen molar-refractivity contribution in [1.29, 1.82) is 0 Å². The predicted octanol–water partition coefficient (Wildman–Crippen LogP) is 2.15. The van der Waals surface area contributed by atoms with Crippen molar-refractivity contribution in [2.75, 3.05) is 18.5 Å². The third-order valence-electron chi connectivity index (χ3n) is 3.15. The lowest BCUT2D eigenvalue weighted by Crippen LogP contribution is -2.15. The van der Waals surface area contributed by atoms with Crippen molar-refractivity contribution < 1.29 is 19.1 Å². The van der Waals surface area contributed by atoms with Crippen LogP contribution >= 0.6 is 11.3 Å². The number of aromatic nitrogens is 1. The van der Waals surface area contributed by atoms with Crippen molar-refractivity contribution in [2.24, 2.45) is 0 Å². The molecule has 1 aromatic heterocycles. The zero-order valence-electron chi connectivity index (χ0n) is 12.1. The molecule has 1 amide bonds. The van der Waals surface area contributed by atoms with E-state index in [1.165, 1.54) is 11.3 Å². The summed E-state index contributed by atoms with van der Waals surface area (Å²) < 4.78 is 10.3. The van der Waals surface area contributed by atoms with E-state index in [0.29, 0.717) is 23.9 Å². The Morgan fingerprint density at radius 3 is 3.14 bits per heavy atom. The van der Waals surface area contributed by atoms with Crippen LogP contribution in [0.25, 0.3) is 0 Å². The summed E-state index contributed by atoms with van der Waals surface area (Å²) in [6.07, 6.45) is 3.64. The smallest absolute Gasteiger partial charge is 0.311 e. The number of nitrogens with zero attached hydrogens (tertiary/aromatic N) is 1. The zero-order chi connectivity index (χ0) is 15.1. The molecule has 0 bridgehead atoms. The predicted molar refractivity (Wildman–Crippen MR) is 79.3 cm³/mol. The summed E-state index contributed by atoms with van der Waals surface area (Å²) in [7, 11) is 0. The highest BCUT2D eigenvalue weighted by atomic mass is 32.1. The van der Waals surface area contributed by atoms with Crippen LogP contribution in [0.15, 0.2) is 5.38 Å². The van der Waals surface area contributed by atoms with Gasteiger partial charge in [-0.1, -0.05) is 0 Å². The summed E-state index contributed by atoms with van der Waals surface area (Å²) in [5.74, 6) is -0.374. The van der Waals surface area contributed by atoms with Crippen molar-refractivity contribution >= 4 is 28.3 Å². The Balaban J connectivity index is 1.73. The molecule has 1 atom stereocenters. The molecule has 1 unspecified atom stereocenters. The molecule has 0 radical (unpaired) electrons. The fourth-order valence-corrected chi connectivity index (χ4v) is 2.88. The van der Waals surface area contributed by atoms with Gasteiger partial charge in [-0.05, 0) is 26.2 Å². The number of carbonyl (C=O) groups excluding carboxylic acids is 2. The lowest BCUT2D eigenvalue weighted by molar-refractivity contribution is -0.142. The fraction of sp³-hybridized carbons (Fsp3) is 0.643. The maximum Gasteiger partial charge on any atom is 0.311 e. The molecule has 1 N–H and O–H groups in total. The highest BCUT2D eigenvalue weighted by molar-refractivity contribution is 7.13. The molecule has 0 aromatic carbocycles. The molecular weight excluding hydrogens is 292 g/mol. The van der Waals surface area contributed by atoms with E-state index in [0.717, 1.165) is 25.9 Å². The van der Waals surface area contributed by atoms with Gasteiger partial charge in [-0.2, -0.15) is 0 Å². The first-order chi connectivity index (χ1) is 10.2. The van der Waals surface area contributed by atoms with Crippen LogP contribution in [0.1, 0.15) is 38.3 Å². The number of anilines is 1. The number of amides is 1. The molecule has 2 rings (SSSR count). The van der Waals surface area contributed by atoms with Gasteiger partial charge in [-0.25, -0.2) is 4.98 Å². The molecule has 2 heterocycles. The summed E-state index contributed by atoms with van der Waals surface area (Å²) in [6, 6.07) is 0. The molecule has 6 nitrogen and oxygen atoms in total. The average Bonchev–Trinajstić information content (AvgIpc) is 3.08.